The number of hydrogen-bond donors (Lipinski definition) is 2. The second-order valence-corrected chi connectivity index (χ2v) is 7.51. The van der Waals surface area contributed by atoms with E-state index in [1.54, 1.807) is 32.9 Å². The Morgan fingerprint density at radius 3 is 2.57 bits per heavy atom. The average Bonchev–Trinajstić information content (AvgIpc) is 2.36. The molecule has 0 aromatic heterocycles. The first-order valence-electron chi connectivity index (χ1n) is 7.22. The summed E-state index contributed by atoms with van der Waals surface area (Å²) in [5.41, 5.74) is 0.322. The van der Waals surface area contributed by atoms with E-state index in [0.29, 0.717) is 17.9 Å². The molecule has 0 aliphatic heterocycles. The van der Waals surface area contributed by atoms with Crippen LogP contribution in [0.15, 0.2) is 22.7 Å². The van der Waals surface area contributed by atoms with E-state index in [9.17, 15) is 9.59 Å². The summed E-state index contributed by atoms with van der Waals surface area (Å²) in [6.07, 6.45) is 0.192. The van der Waals surface area contributed by atoms with Crippen LogP contribution in [-0.4, -0.2) is 28.8 Å². The largest absolute Gasteiger partial charge is 0.481 e. The van der Waals surface area contributed by atoms with Crippen molar-refractivity contribution in [3.8, 4) is 0 Å². The molecule has 5 nitrogen and oxygen atoms in total. The Morgan fingerprint density at radius 1 is 1.39 bits per heavy atom. The van der Waals surface area contributed by atoms with E-state index in [2.05, 4.69) is 21.2 Å². The minimum Gasteiger partial charge on any atom is -0.481 e. The predicted octanol–water partition coefficient (Wildman–Crippen LogP) is 4.40. The smallest absolute Gasteiger partial charge is 0.407 e. The summed E-state index contributed by atoms with van der Waals surface area (Å²) in [6.45, 7) is 5.32. The zero-order valence-electron chi connectivity index (χ0n) is 13.4. The number of aliphatic carboxylic acids is 1. The number of carboxylic acids is 1. The Balaban J connectivity index is 2.79. The average molecular weight is 407 g/mol. The first-order valence-corrected chi connectivity index (χ1v) is 8.39. The zero-order chi connectivity index (χ0) is 17.6. The van der Waals surface area contributed by atoms with Crippen LogP contribution >= 0.6 is 27.5 Å². The highest BCUT2D eigenvalue weighted by Gasteiger charge is 2.21. The van der Waals surface area contributed by atoms with E-state index >= 15 is 0 Å². The maximum absolute atomic E-state index is 11.9. The summed E-state index contributed by atoms with van der Waals surface area (Å²) in [7, 11) is 0. The number of benzene rings is 1. The van der Waals surface area contributed by atoms with Gasteiger partial charge in [-0.15, -0.1) is 0 Å². The summed E-state index contributed by atoms with van der Waals surface area (Å²) in [6, 6.07) is 5.01. The highest BCUT2D eigenvalue weighted by molar-refractivity contribution is 9.10. The SMILES string of the molecule is CC(C)(C)OC(=O)NC(CCC(=O)O)Cc1ccc(Cl)cc1Br. The van der Waals surface area contributed by atoms with Gasteiger partial charge in [0.25, 0.3) is 0 Å². The minimum atomic E-state index is -0.906. The fourth-order valence-electron chi connectivity index (χ4n) is 1.95. The Labute approximate surface area is 149 Å². The number of hydrogen-bond acceptors (Lipinski definition) is 3. The third kappa shape index (κ3) is 8.23. The molecule has 1 rings (SSSR count). The molecule has 0 spiro atoms. The van der Waals surface area contributed by atoms with E-state index in [-0.39, 0.29) is 12.5 Å². The summed E-state index contributed by atoms with van der Waals surface area (Å²) in [5.74, 6) is -0.906. The number of ether oxygens (including phenoxy) is 1. The molecule has 1 unspecified atom stereocenters. The molecular formula is C16H21BrClNO4. The second kappa shape index (κ2) is 8.55. The monoisotopic (exact) mass is 405 g/mol. The molecule has 1 aromatic carbocycles. The van der Waals surface area contributed by atoms with Gasteiger partial charge in [0.1, 0.15) is 5.60 Å². The number of alkyl carbamates (subject to hydrolysis) is 1. The molecule has 0 bridgehead atoms. The molecule has 0 fully saturated rings. The Bertz CT molecular complexity index is 572. The molecule has 0 saturated carbocycles. The normalized spacial score (nSPS) is 12.6. The van der Waals surface area contributed by atoms with Gasteiger partial charge in [0.05, 0.1) is 0 Å². The third-order valence-electron chi connectivity index (χ3n) is 2.91. The molecule has 0 aliphatic rings. The van der Waals surface area contributed by atoms with Gasteiger partial charge in [0, 0.05) is 22.0 Å². The number of amides is 1. The van der Waals surface area contributed by atoms with Crippen molar-refractivity contribution in [2.45, 2.75) is 51.7 Å². The lowest BCUT2D eigenvalue weighted by atomic mass is 10.0. The van der Waals surface area contributed by atoms with Gasteiger partial charge in [-0.2, -0.15) is 0 Å². The predicted molar refractivity (Wildman–Crippen MR) is 92.9 cm³/mol. The van der Waals surface area contributed by atoms with Crippen LogP contribution in [0.3, 0.4) is 0 Å². The lowest BCUT2D eigenvalue weighted by Gasteiger charge is -2.24. The quantitative estimate of drug-likeness (QED) is 0.734. The van der Waals surface area contributed by atoms with Gasteiger partial charge < -0.3 is 15.2 Å². The summed E-state index contributed by atoms with van der Waals surface area (Å²) in [4.78, 5) is 22.7. The number of carbonyl (C=O) groups excluding carboxylic acids is 1. The van der Waals surface area contributed by atoms with Gasteiger partial charge in [0.2, 0.25) is 0 Å². The summed E-state index contributed by atoms with van der Waals surface area (Å²) >= 11 is 9.34. The van der Waals surface area contributed by atoms with Crippen molar-refractivity contribution in [3.63, 3.8) is 0 Å². The van der Waals surface area contributed by atoms with Gasteiger partial charge in [-0.25, -0.2) is 4.79 Å². The maximum atomic E-state index is 11.9. The minimum absolute atomic E-state index is 0.0360. The molecule has 23 heavy (non-hydrogen) atoms. The van der Waals surface area contributed by atoms with Crippen LogP contribution in [0.2, 0.25) is 5.02 Å². The molecule has 2 N–H and O–H groups in total. The number of rotatable bonds is 6. The first-order chi connectivity index (χ1) is 10.6. The molecule has 7 heteroatoms. The molecular weight excluding hydrogens is 386 g/mol. The van der Waals surface area contributed by atoms with Gasteiger partial charge >= 0.3 is 12.1 Å². The van der Waals surface area contributed by atoms with Crippen LogP contribution in [0.25, 0.3) is 0 Å². The van der Waals surface area contributed by atoms with Crippen molar-refractivity contribution in [1.82, 2.24) is 5.32 Å². The fraction of sp³-hybridized carbons (Fsp3) is 0.500. The highest BCUT2D eigenvalue weighted by atomic mass is 79.9. The van der Waals surface area contributed by atoms with E-state index in [1.807, 2.05) is 6.07 Å². The molecule has 128 valence electrons. The van der Waals surface area contributed by atoms with Crippen LogP contribution in [-0.2, 0) is 16.0 Å². The van der Waals surface area contributed by atoms with E-state index in [0.717, 1.165) is 10.0 Å². The Hall–Kier alpha value is -1.27. The van der Waals surface area contributed by atoms with Gasteiger partial charge in [-0.3, -0.25) is 4.79 Å². The van der Waals surface area contributed by atoms with Crippen LogP contribution in [0, 0.1) is 0 Å². The second-order valence-electron chi connectivity index (χ2n) is 6.22. The number of carbonyl (C=O) groups is 2. The number of carboxylic acid groups (broad SMARTS) is 1. The van der Waals surface area contributed by atoms with Gasteiger partial charge in [-0.1, -0.05) is 33.6 Å². The third-order valence-corrected chi connectivity index (χ3v) is 3.88. The molecule has 1 aromatic rings. The fourth-order valence-corrected chi connectivity index (χ4v) is 2.79. The Morgan fingerprint density at radius 2 is 2.04 bits per heavy atom. The van der Waals surface area contributed by atoms with Gasteiger partial charge in [0.15, 0.2) is 0 Å². The van der Waals surface area contributed by atoms with E-state index in [4.69, 9.17) is 21.4 Å². The lowest BCUT2D eigenvalue weighted by molar-refractivity contribution is -0.137. The van der Waals surface area contributed by atoms with Crippen molar-refractivity contribution in [3.05, 3.63) is 33.3 Å². The van der Waals surface area contributed by atoms with Crippen LogP contribution in [0.5, 0.6) is 0 Å². The Kier molecular flexibility index (Phi) is 7.35. The topological polar surface area (TPSA) is 75.6 Å². The number of nitrogens with one attached hydrogen (secondary N) is 1. The van der Waals surface area contributed by atoms with Crippen LogP contribution in [0.4, 0.5) is 4.79 Å². The van der Waals surface area contributed by atoms with Crippen LogP contribution in [0.1, 0.15) is 39.2 Å². The standard InChI is InChI=1S/C16H21BrClNO4/c1-16(2,3)23-15(22)19-12(6-7-14(20)21)8-10-4-5-11(18)9-13(10)17/h4-5,9,12H,6-8H2,1-3H3,(H,19,22)(H,20,21). The van der Waals surface area contributed by atoms with Crippen molar-refractivity contribution >= 4 is 39.6 Å². The maximum Gasteiger partial charge on any atom is 0.407 e. The van der Waals surface area contributed by atoms with E-state index in [1.165, 1.54) is 0 Å². The molecule has 1 atom stereocenters. The first kappa shape index (κ1) is 19.8. The molecule has 0 heterocycles. The van der Waals surface area contributed by atoms with E-state index < -0.39 is 17.7 Å². The van der Waals surface area contributed by atoms with Gasteiger partial charge in [-0.05, 0) is 51.3 Å². The molecule has 1 amide bonds. The summed E-state index contributed by atoms with van der Waals surface area (Å²) in [5, 5.41) is 12.2. The zero-order valence-corrected chi connectivity index (χ0v) is 15.7. The van der Waals surface area contributed by atoms with Crippen molar-refractivity contribution in [2.75, 3.05) is 0 Å². The van der Waals surface area contributed by atoms with Crippen molar-refractivity contribution in [1.29, 1.82) is 0 Å². The van der Waals surface area contributed by atoms with Crippen LogP contribution < -0.4 is 5.32 Å². The van der Waals surface area contributed by atoms with Crippen molar-refractivity contribution in [2.24, 2.45) is 0 Å². The molecule has 0 radical (unpaired) electrons. The molecule has 0 aliphatic carbocycles. The van der Waals surface area contributed by atoms with Crippen molar-refractivity contribution < 1.29 is 19.4 Å². The highest BCUT2D eigenvalue weighted by Crippen LogP contribution is 2.23. The number of halogens is 2. The molecule has 0 saturated heterocycles. The summed E-state index contributed by atoms with van der Waals surface area (Å²) < 4.78 is 6.05. The lowest BCUT2D eigenvalue weighted by Crippen LogP contribution is -2.40.